The highest BCUT2D eigenvalue weighted by molar-refractivity contribution is 9.10. The molecule has 2 N–H and O–H groups in total. The zero-order chi connectivity index (χ0) is 29.5. The van der Waals surface area contributed by atoms with Gasteiger partial charge < -0.3 is 39.2 Å². The van der Waals surface area contributed by atoms with Crippen LogP contribution in [0.1, 0.15) is 36.8 Å². The van der Waals surface area contributed by atoms with E-state index in [1.54, 1.807) is 20.9 Å². The third-order valence-electron chi connectivity index (χ3n) is 7.79. The number of alkyl carbamates (subject to hydrolysis) is 1. The van der Waals surface area contributed by atoms with E-state index in [9.17, 15) is 14.4 Å². The molecule has 12 nitrogen and oxygen atoms in total. The SMILES string of the molecule is COC(=O)N[C@H](C(=O)N1CN(C(=O)N2Cc3cc4c(cc3C2)OCO4)C[C@H]1c1ncc(-c2ccc(Br)cc2)[nH]1)C(C)C. The van der Waals surface area contributed by atoms with Gasteiger partial charge in [0.25, 0.3) is 0 Å². The lowest BCUT2D eigenvalue weighted by molar-refractivity contribution is -0.135. The quantitative estimate of drug-likeness (QED) is 0.428. The Morgan fingerprint density at radius 3 is 2.36 bits per heavy atom. The third kappa shape index (κ3) is 5.24. The number of amides is 4. The minimum Gasteiger partial charge on any atom is -0.454 e. The Bertz CT molecular complexity index is 1490. The van der Waals surface area contributed by atoms with Gasteiger partial charge in [-0.25, -0.2) is 14.6 Å². The molecule has 4 heterocycles. The number of imidazole rings is 1. The van der Waals surface area contributed by atoms with Crippen molar-refractivity contribution in [1.29, 1.82) is 0 Å². The Hall–Kier alpha value is -4.26. The molecule has 6 rings (SSSR count). The molecule has 1 fully saturated rings. The van der Waals surface area contributed by atoms with E-state index in [1.807, 2.05) is 50.2 Å². The Morgan fingerprint density at radius 1 is 1.07 bits per heavy atom. The first-order chi connectivity index (χ1) is 20.2. The van der Waals surface area contributed by atoms with E-state index >= 15 is 0 Å². The second kappa shape index (κ2) is 11.2. The van der Waals surface area contributed by atoms with Gasteiger partial charge in [-0.3, -0.25) is 4.79 Å². The van der Waals surface area contributed by atoms with E-state index in [-0.39, 0.29) is 37.9 Å². The average molecular weight is 640 g/mol. The van der Waals surface area contributed by atoms with E-state index in [4.69, 9.17) is 14.2 Å². The maximum atomic E-state index is 13.9. The molecule has 3 aliphatic heterocycles. The van der Waals surface area contributed by atoms with Crippen molar-refractivity contribution in [2.75, 3.05) is 27.1 Å². The zero-order valence-corrected chi connectivity index (χ0v) is 25.0. The van der Waals surface area contributed by atoms with E-state index in [1.165, 1.54) is 7.11 Å². The molecular formula is C29H31BrN6O6. The van der Waals surface area contributed by atoms with E-state index in [0.717, 1.165) is 26.9 Å². The van der Waals surface area contributed by atoms with Crippen molar-refractivity contribution in [2.45, 2.75) is 39.0 Å². The Labute approximate surface area is 251 Å². The molecule has 0 spiro atoms. The molecule has 13 heteroatoms. The van der Waals surface area contributed by atoms with Gasteiger partial charge in [0.05, 0.1) is 32.2 Å². The molecule has 2 aromatic carbocycles. The van der Waals surface area contributed by atoms with Crippen LogP contribution in [0.25, 0.3) is 11.3 Å². The number of halogens is 1. The molecule has 1 aromatic heterocycles. The molecule has 1 saturated heterocycles. The van der Waals surface area contributed by atoms with E-state index < -0.39 is 18.2 Å². The van der Waals surface area contributed by atoms with Crippen LogP contribution in [0.5, 0.6) is 11.5 Å². The van der Waals surface area contributed by atoms with E-state index in [2.05, 4.69) is 31.2 Å². The summed E-state index contributed by atoms with van der Waals surface area (Å²) in [4.78, 5) is 52.8. The van der Waals surface area contributed by atoms with Gasteiger partial charge in [0.15, 0.2) is 11.5 Å². The van der Waals surface area contributed by atoms with Crippen LogP contribution in [0.3, 0.4) is 0 Å². The van der Waals surface area contributed by atoms with Crippen molar-refractivity contribution < 1.29 is 28.6 Å². The standard InChI is InChI=1S/C29H31BrN6O6/c1-16(2)25(33-28(38)40-3)27(37)36-14-35(13-22(36)26-31-10-21(32-26)17-4-6-20(30)7-5-17)29(39)34-11-18-8-23-24(42-15-41-23)9-19(18)12-34/h4-10,16,22,25H,11-15H2,1-3H3,(H,31,32)(H,33,38)/t22-,25-/m0/s1. The fraction of sp³-hybridized carbons (Fsp3) is 0.379. The molecule has 0 radical (unpaired) electrons. The van der Waals surface area contributed by atoms with Crippen molar-refractivity contribution in [3.63, 3.8) is 0 Å². The molecular weight excluding hydrogens is 608 g/mol. The van der Waals surface area contributed by atoms with Crippen LogP contribution < -0.4 is 14.8 Å². The van der Waals surface area contributed by atoms with Crippen LogP contribution in [-0.4, -0.2) is 75.9 Å². The Balaban J connectivity index is 1.26. The number of aromatic amines is 1. The number of fused-ring (bicyclic) bond motifs is 2. The molecule has 0 unspecified atom stereocenters. The van der Waals surface area contributed by atoms with Gasteiger partial charge in [-0.15, -0.1) is 0 Å². The summed E-state index contributed by atoms with van der Waals surface area (Å²) >= 11 is 3.46. The van der Waals surface area contributed by atoms with Crippen molar-refractivity contribution in [1.82, 2.24) is 30.0 Å². The maximum absolute atomic E-state index is 13.9. The maximum Gasteiger partial charge on any atom is 0.407 e. The lowest BCUT2D eigenvalue weighted by atomic mass is 10.0. The van der Waals surface area contributed by atoms with Crippen molar-refractivity contribution >= 4 is 34.0 Å². The number of rotatable bonds is 5. The summed E-state index contributed by atoms with van der Waals surface area (Å²) in [5.74, 6) is 1.35. The largest absolute Gasteiger partial charge is 0.454 e. The van der Waals surface area contributed by atoms with Crippen molar-refractivity contribution in [3.8, 4) is 22.8 Å². The van der Waals surface area contributed by atoms with Gasteiger partial charge in [0, 0.05) is 17.6 Å². The van der Waals surface area contributed by atoms with Crippen molar-refractivity contribution in [2.24, 2.45) is 5.92 Å². The predicted octanol–water partition coefficient (Wildman–Crippen LogP) is 4.23. The third-order valence-corrected chi connectivity index (χ3v) is 8.32. The number of urea groups is 1. The summed E-state index contributed by atoms with van der Waals surface area (Å²) in [6.45, 7) is 5.00. The summed E-state index contributed by atoms with van der Waals surface area (Å²) in [5, 5.41) is 2.66. The molecule has 3 aromatic rings. The number of ether oxygens (including phenoxy) is 3. The Kier molecular flexibility index (Phi) is 7.43. The van der Waals surface area contributed by atoms with Gasteiger partial charge in [-0.05, 0) is 46.9 Å². The van der Waals surface area contributed by atoms with Gasteiger partial charge in [0.2, 0.25) is 12.7 Å². The number of methoxy groups -OCH3 is 1. The number of carbonyl (C=O) groups is 3. The molecule has 0 saturated carbocycles. The van der Waals surface area contributed by atoms with Gasteiger partial charge in [-0.1, -0.05) is 41.9 Å². The number of nitrogens with one attached hydrogen (secondary N) is 2. The van der Waals surface area contributed by atoms with Crippen LogP contribution in [-0.2, 0) is 22.6 Å². The molecule has 42 heavy (non-hydrogen) atoms. The lowest BCUT2D eigenvalue weighted by Crippen LogP contribution is -2.52. The van der Waals surface area contributed by atoms with Gasteiger partial charge >= 0.3 is 12.1 Å². The molecule has 0 aliphatic carbocycles. The fourth-order valence-corrected chi connectivity index (χ4v) is 5.79. The van der Waals surface area contributed by atoms with Crippen LogP contribution in [0.15, 0.2) is 47.1 Å². The summed E-state index contributed by atoms with van der Waals surface area (Å²) < 4.78 is 16.7. The second-order valence-corrected chi connectivity index (χ2v) is 11.8. The summed E-state index contributed by atoms with van der Waals surface area (Å²) in [5.41, 5.74) is 3.73. The first-order valence-corrected chi connectivity index (χ1v) is 14.4. The van der Waals surface area contributed by atoms with Crippen molar-refractivity contribution in [3.05, 3.63) is 64.0 Å². The molecule has 3 aliphatic rings. The Morgan fingerprint density at radius 2 is 1.74 bits per heavy atom. The smallest absolute Gasteiger partial charge is 0.407 e. The first-order valence-electron chi connectivity index (χ1n) is 13.6. The monoisotopic (exact) mass is 638 g/mol. The van der Waals surface area contributed by atoms with Crippen LogP contribution >= 0.6 is 15.9 Å². The summed E-state index contributed by atoms with van der Waals surface area (Å²) in [6, 6.07) is 10.0. The first kappa shape index (κ1) is 27.9. The van der Waals surface area contributed by atoms with Gasteiger partial charge in [0.1, 0.15) is 17.9 Å². The van der Waals surface area contributed by atoms with Crippen LogP contribution in [0, 0.1) is 5.92 Å². The highest BCUT2D eigenvalue weighted by atomic mass is 79.9. The number of hydrogen-bond donors (Lipinski definition) is 2. The van der Waals surface area contributed by atoms with Gasteiger partial charge in [-0.2, -0.15) is 0 Å². The number of nitrogens with zero attached hydrogens (tertiary/aromatic N) is 4. The number of carbonyl (C=O) groups excluding carboxylic acids is 3. The second-order valence-electron chi connectivity index (χ2n) is 10.8. The molecule has 220 valence electrons. The molecule has 0 bridgehead atoms. The minimum absolute atomic E-state index is 0.0400. The lowest BCUT2D eigenvalue weighted by Gasteiger charge is -2.29. The number of H-pyrrole nitrogens is 1. The molecule has 4 amide bonds. The number of aromatic nitrogens is 2. The van der Waals surface area contributed by atoms with Crippen LogP contribution in [0.4, 0.5) is 9.59 Å². The highest BCUT2D eigenvalue weighted by Crippen LogP contribution is 2.39. The average Bonchev–Trinajstić information content (AvgIpc) is 3.79. The minimum atomic E-state index is -0.852. The van der Waals surface area contributed by atoms with E-state index in [0.29, 0.717) is 30.4 Å². The highest BCUT2D eigenvalue weighted by Gasteiger charge is 2.43. The summed E-state index contributed by atoms with van der Waals surface area (Å²) in [7, 11) is 1.25. The normalized spacial score (nSPS) is 17.9. The fourth-order valence-electron chi connectivity index (χ4n) is 5.53. The summed E-state index contributed by atoms with van der Waals surface area (Å²) in [6.07, 6.45) is 1.02. The number of hydrogen-bond acceptors (Lipinski definition) is 7. The zero-order valence-electron chi connectivity index (χ0n) is 23.4. The molecule has 2 atom stereocenters. The predicted molar refractivity (Wildman–Crippen MR) is 154 cm³/mol. The topological polar surface area (TPSA) is 129 Å². The number of benzene rings is 2. The van der Waals surface area contributed by atoms with Crippen LogP contribution in [0.2, 0.25) is 0 Å².